The van der Waals surface area contributed by atoms with Gasteiger partial charge in [0.2, 0.25) is 0 Å². The summed E-state index contributed by atoms with van der Waals surface area (Å²) in [5.41, 5.74) is 3.03. The second-order valence-corrected chi connectivity index (χ2v) is 6.04. The number of carbonyl (C=O) groups excluding carboxylic acids is 1. The molecule has 27 heavy (non-hydrogen) atoms. The van der Waals surface area contributed by atoms with Crippen molar-refractivity contribution in [1.29, 1.82) is 5.26 Å². The van der Waals surface area contributed by atoms with Crippen LogP contribution >= 0.6 is 0 Å². The predicted octanol–water partition coefficient (Wildman–Crippen LogP) is 4.86. The van der Waals surface area contributed by atoms with Crippen LogP contribution in [0, 0.1) is 11.3 Å². The lowest BCUT2D eigenvalue weighted by Crippen LogP contribution is -2.41. The van der Waals surface area contributed by atoms with Crippen LogP contribution in [-0.2, 0) is 0 Å². The zero-order valence-corrected chi connectivity index (χ0v) is 14.4. The number of hydrogen-bond donors (Lipinski definition) is 0. The Morgan fingerprint density at radius 2 is 1.44 bits per heavy atom. The molecule has 0 aromatic heterocycles. The first kappa shape index (κ1) is 16.6. The highest BCUT2D eigenvalue weighted by molar-refractivity contribution is 6.00. The fourth-order valence-corrected chi connectivity index (χ4v) is 3.11. The number of nitrogens with zero attached hydrogens (tertiary/aromatic N) is 4. The summed E-state index contributed by atoms with van der Waals surface area (Å²) < 4.78 is 0. The number of hydrazone groups is 1. The lowest BCUT2D eigenvalue weighted by atomic mass is 10.0. The molecule has 5 heteroatoms. The molecule has 0 radical (unpaired) electrons. The molecule has 0 spiro atoms. The highest BCUT2D eigenvalue weighted by atomic mass is 16.2. The van der Waals surface area contributed by atoms with Gasteiger partial charge in [-0.1, -0.05) is 60.7 Å². The zero-order chi connectivity index (χ0) is 18.6. The SMILES string of the molecule is N#C[C@H]1c2ccccc2C=NN1C(=O)N(c1ccccc1)c1ccccc1. The first-order chi connectivity index (χ1) is 13.3. The number of carbonyl (C=O) groups is 1. The molecular formula is C22H16N4O. The first-order valence-corrected chi connectivity index (χ1v) is 8.55. The van der Waals surface area contributed by atoms with Gasteiger partial charge in [-0.05, 0) is 29.8 Å². The van der Waals surface area contributed by atoms with Crippen molar-refractivity contribution >= 4 is 23.6 Å². The van der Waals surface area contributed by atoms with E-state index in [0.717, 1.165) is 11.1 Å². The van der Waals surface area contributed by atoms with Crippen LogP contribution in [0.3, 0.4) is 0 Å². The number of urea groups is 1. The van der Waals surface area contributed by atoms with E-state index in [9.17, 15) is 10.1 Å². The molecule has 0 saturated heterocycles. The molecule has 1 aliphatic rings. The lowest BCUT2D eigenvalue weighted by Gasteiger charge is -2.32. The largest absolute Gasteiger partial charge is 0.351 e. The van der Waals surface area contributed by atoms with Gasteiger partial charge in [0.05, 0.1) is 23.7 Å². The smallest absolute Gasteiger partial charge is 0.261 e. The molecular weight excluding hydrogens is 336 g/mol. The quantitative estimate of drug-likeness (QED) is 0.661. The zero-order valence-electron chi connectivity index (χ0n) is 14.4. The van der Waals surface area contributed by atoms with Crippen LogP contribution in [-0.4, -0.2) is 17.3 Å². The van der Waals surface area contributed by atoms with E-state index in [0.29, 0.717) is 11.4 Å². The molecule has 0 saturated carbocycles. The van der Waals surface area contributed by atoms with E-state index < -0.39 is 6.04 Å². The van der Waals surface area contributed by atoms with Crippen LogP contribution in [0.5, 0.6) is 0 Å². The Morgan fingerprint density at radius 3 is 2.04 bits per heavy atom. The van der Waals surface area contributed by atoms with Gasteiger partial charge in [0.25, 0.3) is 0 Å². The topological polar surface area (TPSA) is 59.7 Å². The molecule has 0 aliphatic carbocycles. The van der Waals surface area contributed by atoms with Gasteiger partial charge in [-0.25, -0.2) is 4.79 Å². The highest BCUT2D eigenvalue weighted by Crippen LogP contribution is 2.32. The number of rotatable bonds is 2. The van der Waals surface area contributed by atoms with Crippen LogP contribution < -0.4 is 4.90 Å². The Morgan fingerprint density at radius 1 is 0.889 bits per heavy atom. The molecule has 130 valence electrons. The predicted molar refractivity (Wildman–Crippen MR) is 105 cm³/mol. The average molecular weight is 352 g/mol. The van der Waals surface area contributed by atoms with E-state index in [-0.39, 0.29) is 6.03 Å². The molecule has 0 fully saturated rings. The third-order valence-corrected chi connectivity index (χ3v) is 4.39. The molecule has 4 rings (SSSR count). The molecule has 1 heterocycles. The van der Waals surface area contributed by atoms with Crippen molar-refractivity contribution < 1.29 is 4.79 Å². The van der Waals surface area contributed by atoms with E-state index in [1.807, 2.05) is 84.9 Å². The van der Waals surface area contributed by atoms with Crippen LogP contribution in [0.2, 0.25) is 0 Å². The van der Waals surface area contributed by atoms with Gasteiger partial charge in [-0.2, -0.15) is 15.4 Å². The minimum atomic E-state index is -0.784. The van der Waals surface area contributed by atoms with E-state index in [2.05, 4.69) is 11.2 Å². The minimum absolute atomic E-state index is 0.385. The summed E-state index contributed by atoms with van der Waals surface area (Å²) >= 11 is 0. The molecule has 5 nitrogen and oxygen atoms in total. The monoisotopic (exact) mass is 352 g/mol. The number of hydrogen-bond acceptors (Lipinski definition) is 3. The number of nitriles is 1. The van der Waals surface area contributed by atoms with E-state index >= 15 is 0 Å². The Labute approximate surface area is 157 Å². The minimum Gasteiger partial charge on any atom is -0.261 e. The number of amides is 2. The standard InChI is InChI=1S/C22H16N4O/c23-15-21-20-14-8-7-9-17(20)16-24-26(21)22(27)25(18-10-3-1-4-11-18)19-12-5-2-6-13-19/h1-14,16,21H/t21-/m0/s1. The van der Waals surface area contributed by atoms with Gasteiger partial charge in [0.1, 0.15) is 0 Å². The Hall–Kier alpha value is -3.91. The molecule has 1 atom stereocenters. The Balaban J connectivity index is 1.78. The van der Waals surface area contributed by atoms with Gasteiger partial charge in [0, 0.05) is 5.56 Å². The number of benzene rings is 3. The number of fused-ring (bicyclic) bond motifs is 1. The van der Waals surface area contributed by atoms with Crippen molar-refractivity contribution in [2.24, 2.45) is 5.10 Å². The maximum Gasteiger partial charge on any atom is 0.351 e. The Bertz CT molecular complexity index is 985. The van der Waals surface area contributed by atoms with Crippen LogP contribution in [0.15, 0.2) is 90.0 Å². The summed E-state index contributed by atoms with van der Waals surface area (Å²) in [5.74, 6) is 0. The van der Waals surface area contributed by atoms with Crippen molar-refractivity contribution in [3.05, 3.63) is 96.1 Å². The fourth-order valence-electron chi connectivity index (χ4n) is 3.11. The molecule has 0 unspecified atom stereocenters. The van der Waals surface area contributed by atoms with Crippen LogP contribution in [0.4, 0.5) is 16.2 Å². The normalized spacial score (nSPS) is 14.9. The van der Waals surface area contributed by atoms with E-state index in [1.54, 1.807) is 11.1 Å². The third kappa shape index (κ3) is 3.05. The summed E-state index contributed by atoms with van der Waals surface area (Å²) in [5, 5.41) is 15.3. The molecule has 2 amide bonds. The van der Waals surface area contributed by atoms with Crippen LogP contribution in [0.25, 0.3) is 0 Å². The molecule has 0 N–H and O–H groups in total. The number of anilines is 2. The summed E-state index contributed by atoms with van der Waals surface area (Å²) in [7, 11) is 0. The van der Waals surface area contributed by atoms with Gasteiger partial charge in [-0.3, -0.25) is 4.90 Å². The summed E-state index contributed by atoms with van der Waals surface area (Å²) in [6.07, 6.45) is 1.62. The highest BCUT2D eigenvalue weighted by Gasteiger charge is 2.33. The maximum absolute atomic E-state index is 13.5. The molecule has 3 aromatic carbocycles. The third-order valence-electron chi connectivity index (χ3n) is 4.39. The molecule has 3 aromatic rings. The van der Waals surface area contributed by atoms with Gasteiger partial charge in [0.15, 0.2) is 6.04 Å². The average Bonchev–Trinajstić information content (AvgIpc) is 2.74. The van der Waals surface area contributed by atoms with Gasteiger partial charge >= 0.3 is 6.03 Å². The van der Waals surface area contributed by atoms with Crippen molar-refractivity contribution in [2.75, 3.05) is 4.90 Å². The first-order valence-electron chi connectivity index (χ1n) is 8.55. The number of para-hydroxylation sites is 2. The lowest BCUT2D eigenvalue weighted by molar-refractivity contribution is 0.199. The fraction of sp³-hybridized carbons (Fsp3) is 0.0455. The van der Waals surface area contributed by atoms with E-state index in [1.165, 1.54) is 5.01 Å². The second kappa shape index (κ2) is 7.14. The molecule has 0 bridgehead atoms. The second-order valence-electron chi connectivity index (χ2n) is 6.04. The maximum atomic E-state index is 13.5. The van der Waals surface area contributed by atoms with Crippen molar-refractivity contribution in [1.82, 2.24) is 5.01 Å². The van der Waals surface area contributed by atoms with Gasteiger partial charge in [-0.15, -0.1) is 0 Å². The van der Waals surface area contributed by atoms with Crippen molar-refractivity contribution in [2.45, 2.75) is 6.04 Å². The van der Waals surface area contributed by atoms with Gasteiger partial charge < -0.3 is 0 Å². The Kier molecular flexibility index (Phi) is 4.38. The van der Waals surface area contributed by atoms with Crippen LogP contribution in [0.1, 0.15) is 17.2 Å². The summed E-state index contributed by atoms with van der Waals surface area (Å²) in [6, 6.07) is 27.2. The molecule has 1 aliphatic heterocycles. The van der Waals surface area contributed by atoms with Crippen molar-refractivity contribution in [3.8, 4) is 6.07 Å². The summed E-state index contributed by atoms with van der Waals surface area (Å²) in [4.78, 5) is 15.0. The van der Waals surface area contributed by atoms with Crippen molar-refractivity contribution in [3.63, 3.8) is 0 Å². The van der Waals surface area contributed by atoms with E-state index in [4.69, 9.17) is 0 Å². The summed E-state index contributed by atoms with van der Waals surface area (Å²) in [6.45, 7) is 0.